The molecule has 4 nitrogen and oxygen atoms in total. The summed E-state index contributed by atoms with van der Waals surface area (Å²) >= 11 is 5.96. The highest BCUT2D eigenvalue weighted by molar-refractivity contribution is 6.29. The van der Waals surface area contributed by atoms with Crippen LogP contribution in [-0.2, 0) is 6.61 Å². The maximum Gasteiger partial charge on any atom is 0.255 e. The largest absolute Gasteiger partial charge is 0.392 e. The molecule has 5 heteroatoms. The van der Waals surface area contributed by atoms with Gasteiger partial charge in [-0.2, -0.15) is 0 Å². The summed E-state index contributed by atoms with van der Waals surface area (Å²) < 4.78 is 0. The number of aliphatic hydroxyl groups is 1. The minimum Gasteiger partial charge on any atom is -0.392 e. The number of benzene rings is 1. The van der Waals surface area contributed by atoms with Gasteiger partial charge in [-0.15, -0.1) is 0 Å². The standard InChI is InChI=1S/C16H17ClN2O2/c1-10(2)14-7-12(8-15(17)19-14)16(21)18-13-5-3-11(9-20)4-6-13/h3-8,10,20H,9H2,1-2H3,(H,18,21). The SMILES string of the molecule is CC(C)c1cc(C(=O)Nc2ccc(CO)cc2)cc(Cl)n1. The Bertz CT molecular complexity index is 639. The molecule has 0 aliphatic carbocycles. The predicted octanol–water partition coefficient (Wildman–Crippen LogP) is 3.60. The molecule has 2 rings (SSSR count). The van der Waals surface area contributed by atoms with E-state index in [0.717, 1.165) is 11.3 Å². The van der Waals surface area contributed by atoms with Crippen molar-refractivity contribution in [3.8, 4) is 0 Å². The van der Waals surface area contributed by atoms with Crippen LogP contribution in [0.1, 0.15) is 41.4 Å². The van der Waals surface area contributed by atoms with Crippen molar-refractivity contribution in [2.75, 3.05) is 5.32 Å². The van der Waals surface area contributed by atoms with E-state index < -0.39 is 0 Å². The molecule has 0 atom stereocenters. The van der Waals surface area contributed by atoms with Crippen LogP contribution in [0.5, 0.6) is 0 Å². The van der Waals surface area contributed by atoms with E-state index in [1.165, 1.54) is 0 Å². The van der Waals surface area contributed by atoms with E-state index in [4.69, 9.17) is 16.7 Å². The van der Waals surface area contributed by atoms with Crippen molar-refractivity contribution in [2.45, 2.75) is 26.4 Å². The number of amides is 1. The molecule has 0 unspecified atom stereocenters. The average molecular weight is 305 g/mol. The minimum absolute atomic E-state index is 0.0219. The second kappa shape index (κ2) is 6.70. The first-order chi connectivity index (χ1) is 9.99. The van der Waals surface area contributed by atoms with Crippen molar-refractivity contribution in [2.24, 2.45) is 0 Å². The van der Waals surface area contributed by atoms with Crippen molar-refractivity contribution < 1.29 is 9.90 Å². The molecule has 0 saturated heterocycles. The van der Waals surface area contributed by atoms with Gasteiger partial charge in [0, 0.05) is 16.9 Å². The molecule has 21 heavy (non-hydrogen) atoms. The number of rotatable bonds is 4. The topological polar surface area (TPSA) is 62.2 Å². The fourth-order valence-corrected chi connectivity index (χ4v) is 2.06. The zero-order chi connectivity index (χ0) is 15.4. The first kappa shape index (κ1) is 15.5. The molecule has 1 heterocycles. The molecule has 0 saturated carbocycles. The molecule has 1 aromatic carbocycles. The quantitative estimate of drug-likeness (QED) is 0.848. The number of nitrogens with zero attached hydrogens (tertiary/aromatic N) is 1. The van der Waals surface area contributed by atoms with Crippen LogP contribution >= 0.6 is 11.6 Å². The van der Waals surface area contributed by atoms with Crippen molar-refractivity contribution in [1.29, 1.82) is 0 Å². The molecule has 0 fully saturated rings. The summed E-state index contributed by atoms with van der Waals surface area (Å²) in [6, 6.07) is 10.3. The third-order valence-corrected chi connectivity index (χ3v) is 3.26. The van der Waals surface area contributed by atoms with E-state index in [0.29, 0.717) is 16.4 Å². The van der Waals surface area contributed by atoms with Crippen LogP contribution in [0, 0.1) is 0 Å². The number of hydrogen-bond acceptors (Lipinski definition) is 3. The molecule has 2 N–H and O–H groups in total. The number of anilines is 1. The lowest BCUT2D eigenvalue weighted by Gasteiger charge is -2.09. The molecule has 0 spiro atoms. The number of pyridine rings is 1. The second-order valence-electron chi connectivity index (χ2n) is 5.07. The Hall–Kier alpha value is -1.91. The number of hydrogen-bond donors (Lipinski definition) is 2. The molecule has 1 aromatic heterocycles. The predicted molar refractivity (Wildman–Crippen MR) is 83.7 cm³/mol. The van der Waals surface area contributed by atoms with Gasteiger partial charge in [-0.25, -0.2) is 4.98 Å². The minimum atomic E-state index is -0.238. The fourth-order valence-electron chi connectivity index (χ4n) is 1.84. The smallest absolute Gasteiger partial charge is 0.255 e. The molecular formula is C16H17ClN2O2. The monoisotopic (exact) mass is 304 g/mol. The Balaban J connectivity index is 2.19. The van der Waals surface area contributed by atoms with Gasteiger partial charge in [0.2, 0.25) is 0 Å². The van der Waals surface area contributed by atoms with Gasteiger partial charge in [0.25, 0.3) is 5.91 Å². The van der Waals surface area contributed by atoms with Gasteiger partial charge in [-0.05, 0) is 35.7 Å². The van der Waals surface area contributed by atoms with E-state index in [9.17, 15) is 4.79 Å². The lowest BCUT2D eigenvalue weighted by Crippen LogP contribution is -2.13. The first-order valence-electron chi connectivity index (χ1n) is 6.68. The summed E-state index contributed by atoms with van der Waals surface area (Å²) in [7, 11) is 0. The zero-order valence-corrected chi connectivity index (χ0v) is 12.7. The Kier molecular flexibility index (Phi) is 4.94. The molecule has 0 bridgehead atoms. The van der Waals surface area contributed by atoms with Crippen LogP contribution in [0.2, 0.25) is 5.15 Å². The molecule has 110 valence electrons. The van der Waals surface area contributed by atoms with E-state index >= 15 is 0 Å². The molecule has 1 amide bonds. The van der Waals surface area contributed by atoms with Crippen molar-refractivity contribution >= 4 is 23.2 Å². The number of carbonyl (C=O) groups is 1. The van der Waals surface area contributed by atoms with Gasteiger partial charge in [0.15, 0.2) is 0 Å². The summed E-state index contributed by atoms with van der Waals surface area (Å²) in [6.07, 6.45) is 0. The summed E-state index contributed by atoms with van der Waals surface area (Å²) in [5.74, 6) is -0.0444. The van der Waals surface area contributed by atoms with Gasteiger partial charge >= 0.3 is 0 Å². The molecule has 0 aliphatic heterocycles. The average Bonchev–Trinajstić information content (AvgIpc) is 2.47. The van der Waals surface area contributed by atoms with E-state index in [-0.39, 0.29) is 18.4 Å². The van der Waals surface area contributed by atoms with Gasteiger partial charge < -0.3 is 10.4 Å². The molecule has 0 radical (unpaired) electrons. The first-order valence-corrected chi connectivity index (χ1v) is 7.06. The van der Waals surface area contributed by atoms with E-state index in [1.807, 2.05) is 13.8 Å². The van der Waals surface area contributed by atoms with Crippen molar-refractivity contribution in [3.05, 3.63) is 58.4 Å². The summed E-state index contributed by atoms with van der Waals surface area (Å²) in [5, 5.41) is 12.1. The number of aliphatic hydroxyl groups excluding tert-OH is 1. The number of carbonyl (C=O) groups excluding carboxylic acids is 1. The van der Waals surface area contributed by atoms with E-state index in [1.54, 1.807) is 36.4 Å². The number of aromatic nitrogens is 1. The Morgan fingerprint density at radius 2 is 1.95 bits per heavy atom. The van der Waals surface area contributed by atoms with Crippen LogP contribution in [0.3, 0.4) is 0 Å². The van der Waals surface area contributed by atoms with Gasteiger partial charge in [0.1, 0.15) is 5.15 Å². The fraction of sp³-hybridized carbons (Fsp3) is 0.250. The lowest BCUT2D eigenvalue weighted by molar-refractivity contribution is 0.102. The summed E-state index contributed by atoms with van der Waals surface area (Å²) in [5.41, 5.74) is 2.71. The van der Waals surface area contributed by atoms with Crippen LogP contribution < -0.4 is 5.32 Å². The van der Waals surface area contributed by atoms with Gasteiger partial charge in [0.05, 0.1) is 6.61 Å². The van der Waals surface area contributed by atoms with Gasteiger partial charge in [-0.3, -0.25) is 4.79 Å². The molecular weight excluding hydrogens is 288 g/mol. The summed E-state index contributed by atoms with van der Waals surface area (Å²) in [4.78, 5) is 16.5. The number of halogens is 1. The second-order valence-corrected chi connectivity index (χ2v) is 5.45. The van der Waals surface area contributed by atoms with Gasteiger partial charge in [-0.1, -0.05) is 37.6 Å². The van der Waals surface area contributed by atoms with Crippen molar-refractivity contribution in [1.82, 2.24) is 4.98 Å². The molecule has 0 aliphatic rings. The Morgan fingerprint density at radius 1 is 1.29 bits per heavy atom. The normalized spacial score (nSPS) is 10.7. The Morgan fingerprint density at radius 3 is 2.52 bits per heavy atom. The van der Waals surface area contributed by atoms with E-state index in [2.05, 4.69) is 10.3 Å². The molecule has 2 aromatic rings. The maximum absolute atomic E-state index is 12.2. The Labute approximate surface area is 128 Å². The highest BCUT2D eigenvalue weighted by Gasteiger charge is 2.11. The van der Waals surface area contributed by atoms with Crippen LogP contribution in [0.25, 0.3) is 0 Å². The third kappa shape index (κ3) is 4.03. The summed E-state index contributed by atoms with van der Waals surface area (Å²) in [6.45, 7) is 3.97. The van der Waals surface area contributed by atoms with Crippen LogP contribution in [0.4, 0.5) is 5.69 Å². The third-order valence-electron chi connectivity index (χ3n) is 3.06. The maximum atomic E-state index is 12.2. The van der Waals surface area contributed by atoms with Crippen molar-refractivity contribution in [3.63, 3.8) is 0 Å². The van der Waals surface area contributed by atoms with Crippen LogP contribution in [-0.4, -0.2) is 16.0 Å². The highest BCUT2D eigenvalue weighted by Crippen LogP contribution is 2.19. The zero-order valence-electron chi connectivity index (χ0n) is 11.9. The lowest BCUT2D eigenvalue weighted by atomic mass is 10.1. The highest BCUT2D eigenvalue weighted by atomic mass is 35.5. The number of nitrogens with one attached hydrogen (secondary N) is 1. The van der Waals surface area contributed by atoms with Crippen LogP contribution in [0.15, 0.2) is 36.4 Å².